The Labute approximate surface area is 105 Å². The van der Waals surface area contributed by atoms with Crippen LogP contribution in [0.3, 0.4) is 0 Å². The summed E-state index contributed by atoms with van der Waals surface area (Å²) in [6, 6.07) is 2.37. The minimum atomic E-state index is 0.527. The molecule has 0 radical (unpaired) electrons. The van der Waals surface area contributed by atoms with Gasteiger partial charge in [-0.25, -0.2) is 9.97 Å². The maximum Gasteiger partial charge on any atom is 0.241 e. The van der Waals surface area contributed by atoms with Gasteiger partial charge in [-0.15, -0.1) is 0 Å². The van der Waals surface area contributed by atoms with E-state index >= 15 is 0 Å². The molecule has 0 N–H and O–H groups in total. The molecule has 1 fully saturated rings. The van der Waals surface area contributed by atoms with Crippen molar-refractivity contribution in [3.63, 3.8) is 0 Å². The van der Waals surface area contributed by atoms with Crippen LogP contribution in [0, 0.1) is 0 Å². The molecule has 1 atom stereocenters. The highest BCUT2D eigenvalue weighted by Gasteiger charge is 2.22. The van der Waals surface area contributed by atoms with Crippen LogP contribution >= 0.6 is 0 Å². The third kappa shape index (κ3) is 2.24. The summed E-state index contributed by atoms with van der Waals surface area (Å²) < 4.78 is 5.27. The van der Waals surface area contributed by atoms with Crippen molar-refractivity contribution in [2.75, 3.05) is 6.54 Å². The first-order chi connectivity index (χ1) is 8.83. The molecule has 3 rings (SSSR count). The minimum absolute atomic E-state index is 0.527. The lowest BCUT2D eigenvalue weighted by Gasteiger charge is -2.17. The molecule has 6 nitrogen and oxygen atoms in total. The molecule has 1 unspecified atom stereocenters. The third-order valence-electron chi connectivity index (χ3n) is 3.31. The van der Waals surface area contributed by atoms with Crippen molar-refractivity contribution in [2.45, 2.75) is 32.4 Å². The van der Waals surface area contributed by atoms with Gasteiger partial charge in [-0.05, 0) is 32.4 Å². The smallest absolute Gasteiger partial charge is 0.241 e. The lowest BCUT2D eigenvalue weighted by atomic mass is 10.2. The van der Waals surface area contributed by atoms with Crippen LogP contribution < -0.4 is 0 Å². The lowest BCUT2D eigenvalue weighted by molar-refractivity contribution is 0.221. The van der Waals surface area contributed by atoms with Crippen LogP contribution in [0.1, 0.15) is 25.7 Å². The zero-order valence-electron chi connectivity index (χ0n) is 10.3. The summed E-state index contributed by atoms with van der Waals surface area (Å²) in [7, 11) is 0. The largest absolute Gasteiger partial charge is 0.337 e. The molecule has 18 heavy (non-hydrogen) atoms. The van der Waals surface area contributed by atoms with Crippen molar-refractivity contribution in [3.8, 4) is 11.5 Å². The molecule has 0 saturated carbocycles. The number of nitrogens with zero attached hydrogens (tertiary/aromatic N) is 5. The maximum absolute atomic E-state index is 5.27. The van der Waals surface area contributed by atoms with E-state index in [1.165, 1.54) is 19.2 Å². The van der Waals surface area contributed by atoms with Crippen molar-refractivity contribution >= 4 is 0 Å². The van der Waals surface area contributed by atoms with Gasteiger partial charge in [0.15, 0.2) is 0 Å². The molecular weight excluding hydrogens is 230 g/mol. The lowest BCUT2D eigenvalue weighted by Crippen LogP contribution is -2.26. The highest BCUT2D eigenvalue weighted by atomic mass is 16.5. The van der Waals surface area contributed by atoms with Crippen LogP contribution in [-0.4, -0.2) is 37.6 Å². The summed E-state index contributed by atoms with van der Waals surface area (Å²) >= 11 is 0. The van der Waals surface area contributed by atoms with E-state index in [4.69, 9.17) is 4.52 Å². The zero-order chi connectivity index (χ0) is 12.4. The standard InChI is InChI=1S/C12H15N5O/c1-9-3-2-6-17(9)7-11-15-12(16-18-11)10-4-5-13-8-14-10/h4-5,8-9H,2-3,6-7H2,1H3. The fourth-order valence-electron chi connectivity index (χ4n) is 2.25. The van der Waals surface area contributed by atoms with E-state index in [1.807, 2.05) is 0 Å². The molecule has 2 aromatic rings. The Kier molecular flexibility index (Phi) is 3.02. The Morgan fingerprint density at radius 1 is 1.50 bits per heavy atom. The predicted molar refractivity (Wildman–Crippen MR) is 64.4 cm³/mol. The quantitative estimate of drug-likeness (QED) is 0.816. The molecule has 1 saturated heterocycles. The SMILES string of the molecule is CC1CCCN1Cc1nc(-c2ccncn2)no1. The molecule has 6 heteroatoms. The average molecular weight is 245 g/mol. The zero-order valence-corrected chi connectivity index (χ0v) is 10.3. The Morgan fingerprint density at radius 3 is 3.17 bits per heavy atom. The number of hydrogen-bond acceptors (Lipinski definition) is 6. The molecule has 1 aliphatic heterocycles. The first-order valence-corrected chi connectivity index (χ1v) is 6.16. The summed E-state index contributed by atoms with van der Waals surface area (Å²) in [6.07, 6.45) is 5.63. The first kappa shape index (κ1) is 11.3. The predicted octanol–water partition coefficient (Wildman–Crippen LogP) is 1.51. The summed E-state index contributed by atoms with van der Waals surface area (Å²) in [5.74, 6) is 1.18. The Hall–Kier alpha value is -1.82. The molecule has 0 amide bonds. The van der Waals surface area contributed by atoms with Gasteiger partial charge in [0.05, 0.1) is 6.54 Å². The van der Waals surface area contributed by atoms with Crippen LogP contribution in [0.25, 0.3) is 11.5 Å². The van der Waals surface area contributed by atoms with Crippen molar-refractivity contribution in [1.29, 1.82) is 0 Å². The van der Waals surface area contributed by atoms with E-state index < -0.39 is 0 Å². The molecule has 3 heterocycles. The number of aromatic nitrogens is 4. The molecule has 0 aromatic carbocycles. The van der Waals surface area contributed by atoms with Crippen LogP contribution in [0.15, 0.2) is 23.1 Å². The van der Waals surface area contributed by atoms with Gasteiger partial charge in [0.25, 0.3) is 0 Å². The summed E-state index contributed by atoms with van der Waals surface area (Å²) in [5, 5.41) is 3.95. The van der Waals surface area contributed by atoms with Gasteiger partial charge in [-0.3, -0.25) is 4.90 Å². The Bertz CT molecular complexity index is 512. The van der Waals surface area contributed by atoms with Gasteiger partial charge < -0.3 is 4.52 Å². The van der Waals surface area contributed by atoms with Crippen molar-refractivity contribution < 1.29 is 4.52 Å². The molecule has 0 bridgehead atoms. The van der Waals surface area contributed by atoms with Gasteiger partial charge >= 0.3 is 0 Å². The first-order valence-electron chi connectivity index (χ1n) is 6.16. The van der Waals surface area contributed by atoms with E-state index in [2.05, 4.69) is 31.9 Å². The van der Waals surface area contributed by atoms with E-state index in [0.29, 0.717) is 23.5 Å². The van der Waals surface area contributed by atoms with Gasteiger partial charge in [0.1, 0.15) is 12.0 Å². The molecule has 1 aliphatic rings. The van der Waals surface area contributed by atoms with E-state index in [9.17, 15) is 0 Å². The maximum atomic E-state index is 5.27. The van der Waals surface area contributed by atoms with Crippen LogP contribution in [0.4, 0.5) is 0 Å². The summed E-state index contributed by atoms with van der Waals surface area (Å²) in [6.45, 7) is 4.06. The van der Waals surface area contributed by atoms with Crippen LogP contribution in [0.5, 0.6) is 0 Å². The van der Waals surface area contributed by atoms with Gasteiger partial charge in [-0.1, -0.05) is 5.16 Å². The topological polar surface area (TPSA) is 67.9 Å². The second-order valence-electron chi connectivity index (χ2n) is 4.57. The van der Waals surface area contributed by atoms with E-state index in [-0.39, 0.29) is 0 Å². The summed E-state index contributed by atoms with van der Waals surface area (Å²) in [5.41, 5.74) is 0.689. The number of likely N-dealkylation sites (tertiary alicyclic amines) is 1. The molecule has 94 valence electrons. The average Bonchev–Trinajstić information content (AvgIpc) is 3.02. The van der Waals surface area contributed by atoms with Crippen molar-refractivity contribution in [3.05, 3.63) is 24.5 Å². The van der Waals surface area contributed by atoms with Gasteiger partial charge in [0, 0.05) is 12.2 Å². The van der Waals surface area contributed by atoms with Gasteiger partial charge in [0.2, 0.25) is 11.7 Å². The molecule has 0 aliphatic carbocycles. The van der Waals surface area contributed by atoms with Crippen molar-refractivity contribution in [2.24, 2.45) is 0 Å². The molecular formula is C12H15N5O. The summed E-state index contributed by atoms with van der Waals surface area (Å²) in [4.78, 5) is 14.7. The van der Waals surface area contributed by atoms with Crippen LogP contribution in [-0.2, 0) is 6.54 Å². The Balaban J connectivity index is 1.74. The Morgan fingerprint density at radius 2 is 2.44 bits per heavy atom. The van der Waals surface area contributed by atoms with E-state index in [1.54, 1.807) is 12.3 Å². The highest BCUT2D eigenvalue weighted by molar-refractivity contribution is 5.46. The van der Waals surface area contributed by atoms with Gasteiger partial charge in [-0.2, -0.15) is 4.98 Å². The third-order valence-corrected chi connectivity index (χ3v) is 3.31. The molecule has 2 aromatic heterocycles. The monoisotopic (exact) mass is 245 g/mol. The molecule has 0 spiro atoms. The minimum Gasteiger partial charge on any atom is -0.337 e. The fourth-order valence-corrected chi connectivity index (χ4v) is 2.25. The number of rotatable bonds is 3. The number of hydrogen-bond donors (Lipinski definition) is 0. The normalized spacial score (nSPS) is 20.4. The van der Waals surface area contributed by atoms with Crippen LogP contribution in [0.2, 0.25) is 0 Å². The fraction of sp³-hybridized carbons (Fsp3) is 0.500. The second-order valence-corrected chi connectivity index (χ2v) is 4.57. The second kappa shape index (κ2) is 4.81. The van der Waals surface area contributed by atoms with Crippen molar-refractivity contribution in [1.82, 2.24) is 25.0 Å². The highest BCUT2D eigenvalue weighted by Crippen LogP contribution is 2.19. The van der Waals surface area contributed by atoms with E-state index in [0.717, 1.165) is 13.1 Å².